The van der Waals surface area contributed by atoms with Crippen molar-refractivity contribution in [2.24, 2.45) is 17.8 Å². The predicted octanol–water partition coefficient (Wildman–Crippen LogP) is 2.37. The number of hydrogen-bond acceptors (Lipinski definition) is 4. The Hall–Kier alpha value is -0.970. The van der Waals surface area contributed by atoms with Gasteiger partial charge in [0.15, 0.2) is 0 Å². The van der Waals surface area contributed by atoms with Crippen LogP contribution in [0.2, 0.25) is 0 Å². The van der Waals surface area contributed by atoms with E-state index in [4.69, 9.17) is 4.74 Å². The maximum atomic E-state index is 10.9. The highest BCUT2D eigenvalue weighted by atomic mass is 16.5. The van der Waals surface area contributed by atoms with Crippen molar-refractivity contribution in [3.05, 3.63) is 23.3 Å². The Balaban J connectivity index is 1.69. The first-order valence-corrected chi connectivity index (χ1v) is 9.48. The molecule has 6 atom stereocenters. The van der Waals surface area contributed by atoms with Gasteiger partial charge in [0.05, 0.1) is 6.10 Å². The molecular weight excluding hydrogens is 302 g/mol. The molecule has 4 aliphatic rings. The van der Waals surface area contributed by atoms with Gasteiger partial charge in [-0.1, -0.05) is 12.2 Å². The summed E-state index contributed by atoms with van der Waals surface area (Å²) < 4.78 is 6.16. The zero-order valence-electron chi connectivity index (χ0n) is 14.7. The first-order chi connectivity index (χ1) is 11.5. The van der Waals surface area contributed by atoms with Gasteiger partial charge in [-0.2, -0.15) is 0 Å². The zero-order chi connectivity index (χ0) is 16.9. The van der Waals surface area contributed by atoms with Crippen LogP contribution in [0.25, 0.3) is 0 Å². The van der Waals surface area contributed by atoms with Crippen molar-refractivity contribution >= 4 is 6.29 Å². The average Bonchev–Trinajstić information content (AvgIpc) is 3.32. The van der Waals surface area contributed by atoms with Crippen molar-refractivity contribution in [1.82, 2.24) is 5.32 Å². The Morgan fingerprint density at radius 3 is 2.96 bits per heavy atom. The number of carbonyl (C=O) groups excluding carboxylic acids is 1. The zero-order valence-corrected chi connectivity index (χ0v) is 14.7. The van der Waals surface area contributed by atoms with Gasteiger partial charge in [-0.15, -0.1) is 0 Å². The number of hydrogen-bond donors (Lipinski definition) is 2. The Kier molecular flexibility index (Phi) is 4.18. The molecule has 0 spiro atoms. The van der Waals surface area contributed by atoms with Gasteiger partial charge in [0, 0.05) is 17.9 Å². The Morgan fingerprint density at radius 1 is 1.46 bits per heavy atom. The van der Waals surface area contributed by atoms with Gasteiger partial charge in [0.1, 0.15) is 18.5 Å². The molecule has 24 heavy (non-hydrogen) atoms. The van der Waals surface area contributed by atoms with Crippen molar-refractivity contribution in [1.29, 1.82) is 0 Å². The number of ether oxygens (including phenoxy) is 1. The molecule has 2 N–H and O–H groups in total. The van der Waals surface area contributed by atoms with Crippen LogP contribution in [0.3, 0.4) is 0 Å². The summed E-state index contributed by atoms with van der Waals surface area (Å²) in [5, 5.41) is 14.2. The Labute approximate surface area is 144 Å². The van der Waals surface area contributed by atoms with Crippen LogP contribution in [0.5, 0.6) is 0 Å². The van der Waals surface area contributed by atoms with E-state index in [2.05, 4.69) is 25.2 Å². The highest BCUT2D eigenvalue weighted by Gasteiger charge is 2.53. The largest absolute Gasteiger partial charge is 0.386 e. The minimum Gasteiger partial charge on any atom is -0.386 e. The first-order valence-electron chi connectivity index (χ1n) is 9.48. The second-order valence-corrected chi connectivity index (χ2v) is 8.37. The molecule has 0 aromatic carbocycles. The average molecular weight is 331 g/mol. The quantitative estimate of drug-likeness (QED) is 0.734. The summed E-state index contributed by atoms with van der Waals surface area (Å²) in [6.07, 6.45) is 9.64. The fourth-order valence-corrected chi connectivity index (χ4v) is 5.14. The second-order valence-electron chi connectivity index (χ2n) is 8.37. The van der Waals surface area contributed by atoms with E-state index >= 15 is 0 Å². The van der Waals surface area contributed by atoms with Gasteiger partial charge in [-0.05, 0) is 69.1 Å². The van der Waals surface area contributed by atoms with E-state index in [0.29, 0.717) is 18.3 Å². The van der Waals surface area contributed by atoms with Crippen LogP contribution in [0.4, 0.5) is 0 Å². The molecule has 4 nitrogen and oxygen atoms in total. The van der Waals surface area contributed by atoms with Crippen molar-refractivity contribution in [2.45, 2.75) is 69.8 Å². The van der Waals surface area contributed by atoms with Gasteiger partial charge in [0.25, 0.3) is 0 Å². The summed E-state index contributed by atoms with van der Waals surface area (Å²) in [5.74, 6) is 1.59. The third-order valence-corrected chi connectivity index (χ3v) is 6.52. The summed E-state index contributed by atoms with van der Waals surface area (Å²) in [6, 6.07) is 0. The van der Waals surface area contributed by atoms with E-state index in [1.807, 2.05) is 6.08 Å². The van der Waals surface area contributed by atoms with Crippen LogP contribution in [-0.4, -0.2) is 41.8 Å². The summed E-state index contributed by atoms with van der Waals surface area (Å²) in [6.45, 7) is 5.48. The van der Waals surface area contributed by atoms with Crippen molar-refractivity contribution in [2.75, 3.05) is 6.54 Å². The molecule has 1 saturated heterocycles. The lowest BCUT2D eigenvalue weighted by atomic mass is 9.62. The minimum absolute atomic E-state index is 0.0791. The summed E-state index contributed by atoms with van der Waals surface area (Å²) in [4.78, 5) is 10.9. The Bertz CT molecular complexity index is 579. The number of carbonyl (C=O) groups is 1. The maximum Gasteiger partial charge on any atom is 0.120 e. The third-order valence-electron chi connectivity index (χ3n) is 6.52. The summed E-state index contributed by atoms with van der Waals surface area (Å²) in [7, 11) is 0. The van der Waals surface area contributed by atoms with Crippen LogP contribution in [-0.2, 0) is 9.53 Å². The summed E-state index contributed by atoms with van der Waals surface area (Å²) >= 11 is 0. The number of aliphatic hydroxyl groups excluding tert-OH is 1. The lowest BCUT2D eigenvalue weighted by molar-refractivity contribution is -0.108. The van der Waals surface area contributed by atoms with E-state index in [0.717, 1.165) is 31.6 Å². The van der Waals surface area contributed by atoms with Crippen LogP contribution < -0.4 is 5.32 Å². The normalized spacial score (nSPS) is 43.9. The molecule has 4 rings (SSSR count). The molecule has 0 bridgehead atoms. The van der Waals surface area contributed by atoms with Gasteiger partial charge < -0.3 is 20.0 Å². The van der Waals surface area contributed by atoms with Crippen LogP contribution in [0.1, 0.15) is 46.0 Å². The standard InChI is InChI=1S/C20H29NO3/c1-12-17-14(4-3-9-22)10-20(2,21-11-13-5-6-13)15-7-8-16(23)19(24-12)18(15)17/h7-9,12-14,16-17,19,21,23H,3-6,10-11H2,1-2H3. The van der Waals surface area contributed by atoms with E-state index in [9.17, 15) is 9.90 Å². The molecule has 1 saturated carbocycles. The minimum atomic E-state index is -0.547. The van der Waals surface area contributed by atoms with E-state index in [-0.39, 0.29) is 17.7 Å². The lowest BCUT2D eigenvalue weighted by Gasteiger charge is -2.46. The molecule has 1 aliphatic heterocycles. The van der Waals surface area contributed by atoms with Gasteiger partial charge >= 0.3 is 0 Å². The van der Waals surface area contributed by atoms with Crippen molar-refractivity contribution in [3.63, 3.8) is 0 Å². The maximum absolute atomic E-state index is 10.9. The Morgan fingerprint density at radius 2 is 2.25 bits per heavy atom. The van der Waals surface area contributed by atoms with Gasteiger partial charge in [-0.25, -0.2) is 0 Å². The molecule has 132 valence electrons. The van der Waals surface area contributed by atoms with E-state index in [1.165, 1.54) is 24.0 Å². The van der Waals surface area contributed by atoms with Crippen LogP contribution in [0.15, 0.2) is 23.3 Å². The highest BCUT2D eigenvalue weighted by Crippen LogP contribution is 2.52. The molecule has 4 heteroatoms. The number of aldehydes is 1. The number of rotatable bonds is 6. The van der Waals surface area contributed by atoms with E-state index < -0.39 is 6.10 Å². The van der Waals surface area contributed by atoms with Crippen molar-refractivity contribution < 1.29 is 14.6 Å². The molecule has 3 aliphatic carbocycles. The smallest absolute Gasteiger partial charge is 0.120 e. The molecular formula is C20H29NO3. The SMILES string of the molecule is CC1OC2C3=C(C=CC2O)C(C)(NCC2CC2)CC(CCC=O)C31. The fraction of sp³-hybridized carbons (Fsp3) is 0.750. The van der Waals surface area contributed by atoms with Gasteiger partial charge in [0.2, 0.25) is 0 Å². The highest BCUT2D eigenvalue weighted by molar-refractivity contribution is 5.50. The molecule has 0 radical (unpaired) electrons. The van der Waals surface area contributed by atoms with Crippen molar-refractivity contribution in [3.8, 4) is 0 Å². The third kappa shape index (κ3) is 2.69. The monoisotopic (exact) mass is 331 g/mol. The fourth-order valence-electron chi connectivity index (χ4n) is 5.14. The molecule has 0 amide bonds. The topological polar surface area (TPSA) is 58.6 Å². The van der Waals surface area contributed by atoms with Crippen LogP contribution in [0, 0.1) is 17.8 Å². The lowest BCUT2D eigenvalue weighted by Crippen LogP contribution is -2.52. The predicted molar refractivity (Wildman–Crippen MR) is 92.5 cm³/mol. The van der Waals surface area contributed by atoms with Gasteiger partial charge in [-0.3, -0.25) is 0 Å². The molecule has 6 unspecified atom stereocenters. The summed E-state index contributed by atoms with van der Waals surface area (Å²) in [5.41, 5.74) is 2.55. The second kappa shape index (κ2) is 6.08. The van der Waals surface area contributed by atoms with Crippen LogP contribution >= 0.6 is 0 Å². The number of aliphatic hydroxyl groups is 1. The molecule has 2 fully saturated rings. The molecule has 1 heterocycles. The molecule has 0 aromatic heterocycles. The first kappa shape index (κ1) is 16.5. The van der Waals surface area contributed by atoms with E-state index in [1.54, 1.807) is 0 Å². The number of nitrogens with one attached hydrogen (secondary N) is 1. The molecule has 0 aromatic rings.